The third-order valence-electron chi connectivity index (χ3n) is 3.13. The number of anilines is 1. The van der Waals surface area contributed by atoms with Crippen LogP contribution in [0.2, 0.25) is 0 Å². The molecule has 94 valence electrons. The van der Waals surface area contributed by atoms with E-state index >= 15 is 0 Å². The molecule has 0 saturated carbocycles. The van der Waals surface area contributed by atoms with Gasteiger partial charge in [0, 0.05) is 18.8 Å². The van der Waals surface area contributed by atoms with Crippen LogP contribution in [-0.4, -0.2) is 38.0 Å². The van der Waals surface area contributed by atoms with Gasteiger partial charge in [0.2, 0.25) is 0 Å². The Morgan fingerprint density at radius 2 is 2.12 bits per heavy atom. The largest absolute Gasteiger partial charge is 0.394 e. The van der Waals surface area contributed by atoms with Crippen LogP contribution in [0.5, 0.6) is 0 Å². The van der Waals surface area contributed by atoms with E-state index in [1.54, 1.807) is 0 Å². The van der Waals surface area contributed by atoms with E-state index in [2.05, 4.69) is 23.1 Å². The fourth-order valence-electron chi connectivity index (χ4n) is 2.16. The Morgan fingerprint density at radius 1 is 1.41 bits per heavy atom. The molecule has 0 aliphatic carbocycles. The number of nitrogens with two attached hydrogens (primary N) is 1. The normalized spacial score (nSPS) is 18.2. The van der Waals surface area contributed by atoms with E-state index < -0.39 is 0 Å². The van der Waals surface area contributed by atoms with E-state index in [1.807, 2.05) is 6.92 Å². The maximum atomic E-state index is 9.23. The van der Waals surface area contributed by atoms with Gasteiger partial charge < -0.3 is 20.5 Å². The molecule has 1 aliphatic rings. The monoisotopic (exact) mass is 236 g/mol. The number of morpholine rings is 1. The number of hydrogen-bond donors (Lipinski definition) is 2. The molecule has 1 aromatic carbocycles. The van der Waals surface area contributed by atoms with E-state index in [-0.39, 0.29) is 12.6 Å². The Kier molecular flexibility index (Phi) is 3.99. The number of hydrogen-bond acceptors (Lipinski definition) is 4. The number of aryl methyl sites for hydroxylation is 1. The van der Waals surface area contributed by atoms with Crippen LogP contribution in [0, 0.1) is 6.92 Å². The van der Waals surface area contributed by atoms with Gasteiger partial charge in [-0.2, -0.15) is 0 Å². The summed E-state index contributed by atoms with van der Waals surface area (Å²) in [5.74, 6) is 0. The summed E-state index contributed by atoms with van der Waals surface area (Å²) in [6, 6.07) is 5.92. The summed E-state index contributed by atoms with van der Waals surface area (Å²) in [4.78, 5) is 2.27. The molecule has 0 spiro atoms. The summed E-state index contributed by atoms with van der Waals surface area (Å²) < 4.78 is 5.35. The van der Waals surface area contributed by atoms with E-state index in [0.29, 0.717) is 0 Å². The zero-order valence-electron chi connectivity index (χ0n) is 10.2. The molecule has 1 heterocycles. The quantitative estimate of drug-likeness (QED) is 0.816. The van der Waals surface area contributed by atoms with Crippen molar-refractivity contribution in [3.63, 3.8) is 0 Å². The minimum absolute atomic E-state index is 0.0270. The number of aliphatic hydroxyl groups is 1. The van der Waals surface area contributed by atoms with Crippen molar-refractivity contribution < 1.29 is 9.84 Å². The third kappa shape index (κ3) is 2.77. The highest BCUT2D eigenvalue weighted by molar-refractivity contribution is 5.56. The van der Waals surface area contributed by atoms with Crippen LogP contribution in [0.25, 0.3) is 0 Å². The van der Waals surface area contributed by atoms with Crippen molar-refractivity contribution in [1.82, 2.24) is 0 Å². The molecule has 0 amide bonds. The van der Waals surface area contributed by atoms with Crippen LogP contribution in [0.15, 0.2) is 18.2 Å². The Balaban J connectivity index is 2.30. The third-order valence-corrected chi connectivity index (χ3v) is 3.13. The van der Waals surface area contributed by atoms with Crippen LogP contribution in [0.1, 0.15) is 17.2 Å². The van der Waals surface area contributed by atoms with E-state index in [0.717, 1.165) is 37.6 Å². The molecule has 2 rings (SSSR count). The molecule has 1 unspecified atom stereocenters. The Bertz CT molecular complexity index is 376. The molecule has 0 aromatic heterocycles. The first-order valence-electron chi connectivity index (χ1n) is 6.02. The van der Waals surface area contributed by atoms with Crippen molar-refractivity contribution in [3.8, 4) is 0 Å². The fourth-order valence-corrected chi connectivity index (χ4v) is 2.16. The lowest BCUT2D eigenvalue weighted by molar-refractivity contribution is 0.122. The van der Waals surface area contributed by atoms with E-state index in [1.165, 1.54) is 5.56 Å². The Labute approximate surface area is 102 Å². The summed E-state index contributed by atoms with van der Waals surface area (Å²) in [5.41, 5.74) is 9.28. The summed E-state index contributed by atoms with van der Waals surface area (Å²) >= 11 is 0. The Hall–Kier alpha value is -1.10. The van der Waals surface area contributed by atoms with Gasteiger partial charge >= 0.3 is 0 Å². The fraction of sp³-hybridized carbons (Fsp3) is 0.538. The van der Waals surface area contributed by atoms with Crippen molar-refractivity contribution in [2.75, 3.05) is 37.8 Å². The van der Waals surface area contributed by atoms with Gasteiger partial charge in [-0.3, -0.25) is 0 Å². The highest BCUT2D eigenvalue weighted by Crippen LogP contribution is 2.27. The molecule has 1 aromatic rings. The predicted molar refractivity (Wildman–Crippen MR) is 68.2 cm³/mol. The molecule has 3 N–H and O–H groups in total. The average molecular weight is 236 g/mol. The van der Waals surface area contributed by atoms with Gasteiger partial charge in [-0.15, -0.1) is 0 Å². The molecule has 4 nitrogen and oxygen atoms in total. The zero-order valence-corrected chi connectivity index (χ0v) is 10.2. The van der Waals surface area contributed by atoms with Crippen molar-refractivity contribution in [1.29, 1.82) is 0 Å². The minimum Gasteiger partial charge on any atom is -0.394 e. The highest BCUT2D eigenvalue weighted by Gasteiger charge is 2.17. The van der Waals surface area contributed by atoms with E-state index in [9.17, 15) is 5.11 Å². The van der Waals surface area contributed by atoms with Gasteiger partial charge in [0.15, 0.2) is 0 Å². The van der Waals surface area contributed by atoms with Gasteiger partial charge in [-0.1, -0.05) is 17.7 Å². The topological polar surface area (TPSA) is 58.7 Å². The molecule has 1 saturated heterocycles. The van der Waals surface area contributed by atoms with Gasteiger partial charge in [0.05, 0.1) is 25.9 Å². The minimum atomic E-state index is -0.312. The number of aliphatic hydroxyl groups excluding tert-OH is 1. The zero-order chi connectivity index (χ0) is 12.3. The molecule has 0 radical (unpaired) electrons. The second kappa shape index (κ2) is 5.49. The van der Waals surface area contributed by atoms with Gasteiger partial charge in [-0.25, -0.2) is 0 Å². The molecular weight excluding hydrogens is 216 g/mol. The molecule has 17 heavy (non-hydrogen) atoms. The van der Waals surface area contributed by atoms with Gasteiger partial charge in [-0.05, 0) is 18.6 Å². The maximum Gasteiger partial charge on any atom is 0.0642 e. The first-order chi connectivity index (χ1) is 8.22. The number of ether oxygens (including phenoxy) is 1. The van der Waals surface area contributed by atoms with Crippen molar-refractivity contribution in [2.45, 2.75) is 13.0 Å². The Morgan fingerprint density at radius 3 is 2.76 bits per heavy atom. The summed E-state index contributed by atoms with van der Waals surface area (Å²) in [6.07, 6.45) is 0. The number of rotatable bonds is 3. The second-order valence-corrected chi connectivity index (χ2v) is 4.45. The lowest BCUT2D eigenvalue weighted by Crippen LogP contribution is -2.37. The van der Waals surface area contributed by atoms with Crippen molar-refractivity contribution in [3.05, 3.63) is 29.3 Å². The predicted octanol–water partition coefficient (Wildman–Crippen LogP) is 0.824. The summed E-state index contributed by atoms with van der Waals surface area (Å²) in [5, 5.41) is 9.23. The smallest absolute Gasteiger partial charge is 0.0642 e. The lowest BCUT2D eigenvalue weighted by atomic mass is 10.0. The van der Waals surface area contributed by atoms with Crippen LogP contribution < -0.4 is 10.6 Å². The molecule has 1 atom stereocenters. The number of benzene rings is 1. The van der Waals surface area contributed by atoms with Gasteiger partial charge in [0.25, 0.3) is 0 Å². The van der Waals surface area contributed by atoms with Crippen LogP contribution in [0.4, 0.5) is 5.69 Å². The van der Waals surface area contributed by atoms with E-state index in [4.69, 9.17) is 10.5 Å². The highest BCUT2D eigenvalue weighted by atomic mass is 16.5. The molecule has 0 bridgehead atoms. The number of nitrogens with zero attached hydrogens (tertiary/aromatic N) is 1. The van der Waals surface area contributed by atoms with Crippen LogP contribution >= 0.6 is 0 Å². The van der Waals surface area contributed by atoms with Crippen LogP contribution in [-0.2, 0) is 4.74 Å². The maximum absolute atomic E-state index is 9.23. The SMILES string of the molecule is Cc1ccc(N2CCOCC2)c(C(N)CO)c1. The first-order valence-corrected chi connectivity index (χ1v) is 6.02. The van der Waals surface area contributed by atoms with Crippen molar-refractivity contribution in [2.24, 2.45) is 5.73 Å². The molecule has 1 aliphatic heterocycles. The summed E-state index contributed by atoms with van der Waals surface area (Å²) in [6.45, 7) is 5.28. The molecular formula is C13H20N2O2. The van der Waals surface area contributed by atoms with Crippen LogP contribution in [0.3, 0.4) is 0 Å². The average Bonchev–Trinajstić information content (AvgIpc) is 2.38. The van der Waals surface area contributed by atoms with Crippen molar-refractivity contribution >= 4 is 5.69 Å². The summed E-state index contributed by atoms with van der Waals surface area (Å²) in [7, 11) is 0. The lowest BCUT2D eigenvalue weighted by Gasteiger charge is -2.31. The first kappa shape index (κ1) is 12.4. The molecule has 4 heteroatoms. The standard InChI is InChI=1S/C13H20N2O2/c1-10-2-3-13(11(8-10)12(14)9-16)15-4-6-17-7-5-15/h2-3,8,12,16H,4-7,9,14H2,1H3. The van der Waals surface area contributed by atoms with Gasteiger partial charge in [0.1, 0.15) is 0 Å². The molecule has 1 fully saturated rings. The second-order valence-electron chi connectivity index (χ2n) is 4.45.